The van der Waals surface area contributed by atoms with Gasteiger partial charge in [-0.2, -0.15) is 13.2 Å². The molecule has 0 radical (unpaired) electrons. The second kappa shape index (κ2) is 7.31. The summed E-state index contributed by atoms with van der Waals surface area (Å²) in [6.45, 7) is 1.62. The Morgan fingerprint density at radius 2 is 1.59 bits per heavy atom. The maximum atomic E-state index is 13.6. The van der Waals surface area contributed by atoms with E-state index in [1.807, 2.05) is 0 Å². The molecule has 1 amide bonds. The van der Waals surface area contributed by atoms with Crippen molar-refractivity contribution < 1.29 is 26.4 Å². The fourth-order valence-electron chi connectivity index (χ4n) is 3.14. The average Bonchev–Trinajstić information content (AvgIpc) is 2.98. The van der Waals surface area contributed by atoms with Gasteiger partial charge in [0.15, 0.2) is 9.84 Å². The molecule has 0 spiro atoms. The number of rotatable bonds is 4. The first-order valence-electron chi connectivity index (χ1n) is 8.31. The van der Waals surface area contributed by atoms with Crippen molar-refractivity contribution in [3.05, 3.63) is 63.8 Å². The van der Waals surface area contributed by atoms with Crippen LogP contribution < -0.4 is 5.73 Å². The molecule has 0 aliphatic heterocycles. The molecule has 0 bridgehead atoms. The van der Waals surface area contributed by atoms with E-state index in [1.54, 1.807) is 6.92 Å². The van der Waals surface area contributed by atoms with Crippen LogP contribution >= 0.6 is 11.3 Å². The summed E-state index contributed by atoms with van der Waals surface area (Å²) < 4.78 is 64.2. The third-order valence-electron chi connectivity index (χ3n) is 4.38. The number of thiophene rings is 1. The lowest BCUT2D eigenvalue weighted by Gasteiger charge is -2.15. The predicted molar refractivity (Wildman–Crippen MR) is 107 cm³/mol. The van der Waals surface area contributed by atoms with Crippen molar-refractivity contribution in [3.8, 4) is 22.3 Å². The number of halogens is 3. The lowest BCUT2D eigenvalue weighted by Crippen LogP contribution is -2.10. The summed E-state index contributed by atoms with van der Waals surface area (Å²) in [5.41, 5.74) is 5.51. The van der Waals surface area contributed by atoms with Gasteiger partial charge in [-0.05, 0) is 36.2 Å². The van der Waals surface area contributed by atoms with Crippen LogP contribution in [0.5, 0.6) is 0 Å². The maximum Gasteiger partial charge on any atom is 0.417 e. The number of benzene rings is 2. The van der Waals surface area contributed by atoms with Crippen molar-refractivity contribution in [2.75, 3.05) is 6.26 Å². The molecule has 0 atom stereocenters. The van der Waals surface area contributed by atoms with Crippen LogP contribution in [0.1, 0.15) is 20.1 Å². The molecule has 29 heavy (non-hydrogen) atoms. The van der Waals surface area contributed by atoms with E-state index in [0.717, 1.165) is 23.7 Å². The second-order valence-electron chi connectivity index (χ2n) is 6.44. The highest BCUT2D eigenvalue weighted by molar-refractivity contribution is 7.90. The lowest BCUT2D eigenvalue weighted by molar-refractivity contribution is -0.137. The topological polar surface area (TPSA) is 77.2 Å². The van der Waals surface area contributed by atoms with Gasteiger partial charge in [0.1, 0.15) is 4.88 Å². The van der Waals surface area contributed by atoms with Gasteiger partial charge in [0.05, 0.1) is 10.5 Å². The number of alkyl halides is 3. The third kappa shape index (κ3) is 4.06. The number of carbonyl (C=O) groups excluding carboxylic acids is 1. The summed E-state index contributed by atoms with van der Waals surface area (Å²) in [4.78, 5) is 12.7. The Balaban J connectivity index is 2.34. The first-order chi connectivity index (χ1) is 13.4. The van der Waals surface area contributed by atoms with Crippen LogP contribution in [-0.4, -0.2) is 20.6 Å². The number of hydrogen-bond acceptors (Lipinski definition) is 4. The Labute approximate surface area is 169 Å². The summed E-state index contributed by atoms with van der Waals surface area (Å²) in [5, 5.41) is 0. The molecule has 0 saturated carbocycles. The summed E-state index contributed by atoms with van der Waals surface area (Å²) in [7, 11) is -3.45. The molecular weight excluding hydrogens is 423 g/mol. The van der Waals surface area contributed by atoms with E-state index in [2.05, 4.69) is 0 Å². The first-order valence-corrected chi connectivity index (χ1v) is 11.0. The Morgan fingerprint density at radius 3 is 2.10 bits per heavy atom. The number of amides is 1. The normalized spacial score (nSPS) is 12.2. The van der Waals surface area contributed by atoms with Crippen LogP contribution in [-0.2, 0) is 16.0 Å². The molecule has 0 saturated heterocycles. The number of hydrogen-bond donors (Lipinski definition) is 1. The minimum Gasteiger partial charge on any atom is -0.365 e. The summed E-state index contributed by atoms with van der Waals surface area (Å²) in [5.74, 6) is -0.768. The van der Waals surface area contributed by atoms with Crippen LogP contribution in [0.4, 0.5) is 13.2 Å². The highest BCUT2D eigenvalue weighted by atomic mass is 32.2. The zero-order chi connectivity index (χ0) is 21.6. The first kappa shape index (κ1) is 21.1. The molecule has 1 aromatic heterocycles. The minimum atomic E-state index is -4.59. The largest absolute Gasteiger partial charge is 0.417 e. The summed E-state index contributed by atoms with van der Waals surface area (Å²) in [6, 6.07) is 10.7. The van der Waals surface area contributed by atoms with Crippen molar-refractivity contribution >= 4 is 27.1 Å². The van der Waals surface area contributed by atoms with Crippen molar-refractivity contribution in [1.82, 2.24) is 0 Å². The van der Waals surface area contributed by atoms with Crippen molar-refractivity contribution in [2.45, 2.75) is 18.0 Å². The minimum absolute atomic E-state index is 0.0612. The molecular formula is C20H16F3NO3S2. The monoisotopic (exact) mass is 439 g/mol. The standard InChI is InChI=1S/C20H16F3NO3S2/c1-11-16(14-5-3-4-6-15(14)20(21,22)23)17(18(28-11)19(24)25)12-7-9-13(10-8-12)29(2,26)27/h3-10H,1-2H3,(H2,24,25). The van der Waals surface area contributed by atoms with Crippen molar-refractivity contribution in [2.24, 2.45) is 5.73 Å². The summed E-state index contributed by atoms with van der Waals surface area (Å²) in [6.07, 6.45) is -3.54. The number of aryl methyl sites for hydroxylation is 1. The van der Waals surface area contributed by atoms with E-state index >= 15 is 0 Å². The molecule has 152 valence electrons. The fourth-order valence-corrected chi connectivity index (χ4v) is 4.81. The van der Waals surface area contributed by atoms with Crippen LogP contribution in [0.25, 0.3) is 22.3 Å². The van der Waals surface area contributed by atoms with Gasteiger partial charge in [-0.15, -0.1) is 11.3 Å². The number of sulfone groups is 1. The molecule has 0 fully saturated rings. The van der Waals surface area contributed by atoms with Crippen molar-refractivity contribution in [1.29, 1.82) is 0 Å². The molecule has 1 heterocycles. The Hall–Kier alpha value is -2.65. The van der Waals surface area contributed by atoms with E-state index in [4.69, 9.17) is 5.73 Å². The average molecular weight is 439 g/mol. The van der Waals surface area contributed by atoms with Crippen LogP contribution in [0, 0.1) is 6.92 Å². The van der Waals surface area contributed by atoms with E-state index in [-0.39, 0.29) is 26.5 Å². The molecule has 3 aromatic rings. The fraction of sp³-hybridized carbons (Fsp3) is 0.150. The predicted octanol–water partition coefficient (Wildman–Crippen LogP) is 4.91. The number of nitrogens with two attached hydrogens (primary N) is 1. The highest BCUT2D eigenvalue weighted by Crippen LogP contribution is 2.46. The zero-order valence-electron chi connectivity index (χ0n) is 15.4. The molecule has 0 unspecified atom stereocenters. The Kier molecular flexibility index (Phi) is 5.31. The summed E-state index contributed by atoms with van der Waals surface area (Å²) >= 11 is 1.01. The highest BCUT2D eigenvalue weighted by Gasteiger charge is 2.35. The molecule has 9 heteroatoms. The van der Waals surface area contributed by atoms with E-state index in [1.165, 1.54) is 42.5 Å². The molecule has 0 aliphatic carbocycles. The Morgan fingerprint density at radius 1 is 1.00 bits per heavy atom. The van der Waals surface area contributed by atoms with Gasteiger partial charge in [0.2, 0.25) is 0 Å². The van der Waals surface area contributed by atoms with E-state index < -0.39 is 27.5 Å². The maximum absolute atomic E-state index is 13.6. The van der Waals surface area contributed by atoms with Gasteiger partial charge in [-0.1, -0.05) is 30.3 Å². The van der Waals surface area contributed by atoms with Crippen LogP contribution in [0.2, 0.25) is 0 Å². The number of primary amides is 1. The van der Waals surface area contributed by atoms with Gasteiger partial charge in [-0.3, -0.25) is 4.79 Å². The Bertz CT molecular complexity index is 1190. The van der Waals surface area contributed by atoms with Crippen LogP contribution in [0.3, 0.4) is 0 Å². The smallest absolute Gasteiger partial charge is 0.365 e. The van der Waals surface area contributed by atoms with Crippen molar-refractivity contribution in [3.63, 3.8) is 0 Å². The van der Waals surface area contributed by atoms with Gasteiger partial charge < -0.3 is 5.73 Å². The third-order valence-corrected chi connectivity index (χ3v) is 6.63. The van der Waals surface area contributed by atoms with E-state index in [0.29, 0.717) is 10.4 Å². The molecule has 3 rings (SSSR count). The van der Waals surface area contributed by atoms with Gasteiger partial charge in [-0.25, -0.2) is 8.42 Å². The quantitative estimate of drug-likeness (QED) is 0.627. The van der Waals surface area contributed by atoms with Gasteiger partial charge >= 0.3 is 6.18 Å². The zero-order valence-corrected chi connectivity index (χ0v) is 17.0. The molecule has 2 N–H and O–H groups in total. The SMILES string of the molecule is Cc1sc(C(N)=O)c(-c2ccc(S(C)(=O)=O)cc2)c1-c1ccccc1C(F)(F)F. The number of carbonyl (C=O) groups is 1. The lowest BCUT2D eigenvalue weighted by atomic mass is 9.92. The second-order valence-corrected chi connectivity index (χ2v) is 9.68. The molecule has 0 aliphatic rings. The van der Waals surface area contributed by atoms with E-state index in [9.17, 15) is 26.4 Å². The molecule has 4 nitrogen and oxygen atoms in total. The van der Waals surface area contributed by atoms with Crippen LogP contribution in [0.15, 0.2) is 53.4 Å². The van der Waals surface area contributed by atoms with Gasteiger partial charge in [0, 0.05) is 22.3 Å². The van der Waals surface area contributed by atoms with Gasteiger partial charge in [0.25, 0.3) is 5.91 Å². The molecule has 2 aromatic carbocycles.